The van der Waals surface area contributed by atoms with E-state index in [1.54, 1.807) is 9.80 Å². The summed E-state index contributed by atoms with van der Waals surface area (Å²) in [6.07, 6.45) is 2.23. The van der Waals surface area contributed by atoms with E-state index in [2.05, 4.69) is 4.90 Å². The van der Waals surface area contributed by atoms with Gasteiger partial charge in [-0.05, 0) is 52.4 Å². The van der Waals surface area contributed by atoms with Crippen molar-refractivity contribution in [3.63, 3.8) is 0 Å². The van der Waals surface area contributed by atoms with Crippen molar-refractivity contribution in [1.82, 2.24) is 19.6 Å². The number of hydrogen-bond acceptors (Lipinski definition) is 8. The second kappa shape index (κ2) is 12.1. The molecule has 3 unspecified atom stereocenters. The number of aliphatic carboxylic acids is 1. The van der Waals surface area contributed by atoms with Gasteiger partial charge in [0.1, 0.15) is 17.5 Å². The van der Waals surface area contributed by atoms with Crippen LogP contribution in [0.2, 0.25) is 0 Å². The molecule has 3 rings (SSSR count). The summed E-state index contributed by atoms with van der Waals surface area (Å²) in [5, 5.41) is 16.9. The fraction of sp³-hybridized carbons (Fsp3) is 0.833. The summed E-state index contributed by atoms with van der Waals surface area (Å²) in [7, 11) is 0. The predicted octanol–water partition coefficient (Wildman–Crippen LogP) is 1.24. The highest BCUT2D eigenvalue weighted by Crippen LogP contribution is 2.28. The number of amidine groups is 1. The maximum absolute atomic E-state index is 12.6. The second-order valence-electron chi connectivity index (χ2n) is 11.1. The molecule has 3 aliphatic heterocycles. The standard InChI is InChI=1S/C24H42N6O6/c1-24(2,3)36-23(34)30-8-6-17(13-19(30)21(25)26)5-4-7-29-15-18(35-22(29)33)14-27-9-11-28(12-10-27)16-20(31)32/h17-19H,4-16H2,1-3H3,(H3,25,26)(H,31,32). The summed E-state index contributed by atoms with van der Waals surface area (Å²) < 4.78 is 11.1. The number of ether oxygens (including phenoxy) is 2. The molecule has 0 aromatic carbocycles. The molecule has 3 saturated heterocycles. The van der Waals surface area contributed by atoms with Crippen molar-refractivity contribution < 1.29 is 29.0 Å². The van der Waals surface area contributed by atoms with Gasteiger partial charge in [-0.15, -0.1) is 0 Å². The van der Waals surface area contributed by atoms with Gasteiger partial charge < -0.3 is 25.2 Å². The molecule has 0 radical (unpaired) electrons. The van der Waals surface area contributed by atoms with Crippen molar-refractivity contribution in [3.05, 3.63) is 0 Å². The van der Waals surface area contributed by atoms with Crippen molar-refractivity contribution in [2.45, 2.75) is 64.2 Å². The highest BCUT2D eigenvalue weighted by Gasteiger charge is 2.37. The van der Waals surface area contributed by atoms with Crippen LogP contribution in [0.15, 0.2) is 0 Å². The van der Waals surface area contributed by atoms with Crippen LogP contribution in [0.4, 0.5) is 9.59 Å². The summed E-state index contributed by atoms with van der Waals surface area (Å²) >= 11 is 0. The molecule has 36 heavy (non-hydrogen) atoms. The van der Waals surface area contributed by atoms with Crippen LogP contribution >= 0.6 is 0 Å². The molecule has 0 aliphatic carbocycles. The maximum Gasteiger partial charge on any atom is 0.410 e. The lowest BCUT2D eigenvalue weighted by atomic mass is 9.87. The first-order valence-corrected chi connectivity index (χ1v) is 12.9. The zero-order valence-electron chi connectivity index (χ0n) is 21.8. The van der Waals surface area contributed by atoms with E-state index in [-0.39, 0.29) is 24.6 Å². The van der Waals surface area contributed by atoms with Gasteiger partial charge in [-0.25, -0.2) is 9.59 Å². The Morgan fingerprint density at radius 3 is 2.44 bits per heavy atom. The van der Waals surface area contributed by atoms with Gasteiger partial charge in [0, 0.05) is 45.8 Å². The van der Waals surface area contributed by atoms with Crippen LogP contribution in [-0.2, 0) is 14.3 Å². The lowest BCUT2D eigenvalue weighted by Gasteiger charge is -2.39. The third kappa shape index (κ3) is 8.22. The Kier molecular flexibility index (Phi) is 9.40. The first kappa shape index (κ1) is 28.0. The van der Waals surface area contributed by atoms with E-state index in [0.717, 1.165) is 32.4 Å². The van der Waals surface area contributed by atoms with Gasteiger partial charge in [0.15, 0.2) is 0 Å². The smallest absolute Gasteiger partial charge is 0.410 e. The molecule has 0 spiro atoms. The quantitative estimate of drug-likeness (QED) is 0.307. The molecule has 0 bridgehead atoms. The van der Waals surface area contributed by atoms with Gasteiger partial charge in [-0.3, -0.25) is 24.9 Å². The average molecular weight is 511 g/mol. The molecule has 0 aromatic heterocycles. The van der Waals surface area contributed by atoms with E-state index in [4.69, 9.17) is 25.7 Å². The summed E-state index contributed by atoms with van der Waals surface area (Å²) in [5.74, 6) is -0.524. The number of nitrogens with one attached hydrogen (secondary N) is 1. The molecular formula is C24H42N6O6. The Labute approximate surface area is 213 Å². The van der Waals surface area contributed by atoms with E-state index in [1.807, 2.05) is 25.7 Å². The number of carboxylic acids is 1. The molecule has 3 heterocycles. The maximum atomic E-state index is 12.6. The number of likely N-dealkylation sites (tertiary alicyclic amines) is 1. The number of piperazine rings is 1. The summed E-state index contributed by atoms with van der Waals surface area (Å²) in [6, 6.07) is -0.462. The summed E-state index contributed by atoms with van der Waals surface area (Å²) in [5.41, 5.74) is 5.22. The molecule has 3 fully saturated rings. The lowest BCUT2D eigenvalue weighted by molar-refractivity contribution is -0.138. The SMILES string of the molecule is CC(C)(C)OC(=O)N1CCC(CCCN2CC(CN3CCN(CC(=O)O)CC3)OC2=O)CC1C(=N)N. The molecule has 4 N–H and O–H groups in total. The molecule has 12 heteroatoms. The first-order chi connectivity index (χ1) is 16.9. The highest BCUT2D eigenvalue weighted by molar-refractivity contribution is 5.86. The van der Waals surface area contributed by atoms with Gasteiger partial charge >= 0.3 is 18.2 Å². The largest absolute Gasteiger partial charge is 0.480 e. The van der Waals surface area contributed by atoms with Gasteiger partial charge in [0.2, 0.25) is 0 Å². The molecule has 204 valence electrons. The van der Waals surface area contributed by atoms with E-state index in [1.165, 1.54) is 0 Å². The van der Waals surface area contributed by atoms with Gasteiger partial charge in [-0.2, -0.15) is 0 Å². The molecule has 3 atom stereocenters. The number of carboxylic acid groups (broad SMARTS) is 1. The lowest BCUT2D eigenvalue weighted by Crippen LogP contribution is -2.53. The minimum absolute atomic E-state index is 0.0275. The molecule has 12 nitrogen and oxygen atoms in total. The first-order valence-electron chi connectivity index (χ1n) is 12.9. The molecule has 0 aromatic rings. The van der Waals surface area contributed by atoms with Crippen LogP contribution in [-0.4, -0.2) is 125 Å². The summed E-state index contributed by atoms with van der Waals surface area (Å²) in [4.78, 5) is 43.2. The minimum atomic E-state index is -0.811. The van der Waals surface area contributed by atoms with Crippen LogP contribution in [0.5, 0.6) is 0 Å². The zero-order valence-corrected chi connectivity index (χ0v) is 21.8. The Bertz CT molecular complexity index is 809. The number of carbonyl (C=O) groups excluding carboxylic acids is 2. The van der Waals surface area contributed by atoms with E-state index < -0.39 is 23.7 Å². The third-order valence-electron chi connectivity index (χ3n) is 6.97. The van der Waals surface area contributed by atoms with E-state index in [9.17, 15) is 14.4 Å². The molecule has 3 aliphatic rings. The highest BCUT2D eigenvalue weighted by atomic mass is 16.6. The van der Waals surface area contributed by atoms with Crippen molar-refractivity contribution in [3.8, 4) is 0 Å². The zero-order chi connectivity index (χ0) is 26.5. The fourth-order valence-electron chi connectivity index (χ4n) is 5.17. The number of nitrogens with zero attached hydrogens (tertiary/aromatic N) is 4. The van der Waals surface area contributed by atoms with Crippen molar-refractivity contribution >= 4 is 24.0 Å². The number of nitrogens with two attached hydrogens (primary N) is 1. The van der Waals surface area contributed by atoms with Gasteiger partial charge in [-0.1, -0.05) is 0 Å². The summed E-state index contributed by atoms with van der Waals surface area (Å²) in [6.45, 7) is 10.8. The number of hydrogen-bond donors (Lipinski definition) is 3. The predicted molar refractivity (Wildman–Crippen MR) is 133 cm³/mol. The van der Waals surface area contributed by atoms with Gasteiger partial charge in [0.25, 0.3) is 0 Å². The van der Waals surface area contributed by atoms with Crippen LogP contribution in [0.25, 0.3) is 0 Å². The Hall–Kier alpha value is -2.60. The molecule has 0 saturated carbocycles. The normalized spacial score (nSPS) is 26.1. The second-order valence-corrected chi connectivity index (χ2v) is 11.1. The van der Waals surface area contributed by atoms with Crippen LogP contribution < -0.4 is 5.73 Å². The van der Waals surface area contributed by atoms with Crippen molar-refractivity contribution in [2.24, 2.45) is 11.7 Å². The van der Waals surface area contributed by atoms with Crippen LogP contribution in [0.1, 0.15) is 46.5 Å². The van der Waals surface area contributed by atoms with E-state index >= 15 is 0 Å². The molecule has 2 amide bonds. The van der Waals surface area contributed by atoms with Crippen LogP contribution in [0.3, 0.4) is 0 Å². The number of cyclic esters (lactones) is 1. The number of piperidine rings is 1. The molecular weight excluding hydrogens is 468 g/mol. The Morgan fingerprint density at radius 2 is 1.83 bits per heavy atom. The number of amides is 2. The van der Waals surface area contributed by atoms with Crippen molar-refractivity contribution in [1.29, 1.82) is 5.41 Å². The monoisotopic (exact) mass is 510 g/mol. The fourth-order valence-corrected chi connectivity index (χ4v) is 5.17. The Balaban J connectivity index is 1.38. The Morgan fingerprint density at radius 1 is 1.17 bits per heavy atom. The van der Waals surface area contributed by atoms with Gasteiger partial charge in [0.05, 0.1) is 19.1 Å². The topological polar surface area (TPSA) is 153 Å². The number of rotatable bonds is 9. The number of carbonyl (C=O) groups is 3. The van der Waals surface area contributed by atoms with Crippen molar-refractivity contribution in [2.75, 3.05) is 58.9 Å². The average Bonchev–Trinajstić information content (AvgIpc) is 3.12. The third-order valence-corrected chi connectivity index (χ3v) is 6.97. The minimum Gasteiger partial charge on any atom is -0.480 e. The van der Waals surface area contributed by atoms with Crippen LogP contribution in [0, 0.1) is 11.3 Å². The van der Waals surface area contributed by atoms with E-state index in [0.29, 0.717) is 51.6 Å².